The number of hydrogen-bond acceptors (Lipinski definition) is 22. The molecule has 0 aromatic rings. The van der Waals surface area contributed by atoms with E-state index in [1.54, 1.807) is 14.2 Å². The van der Waals surface area contributed by atoms with E-state index in [0.717, 1.165) is 6.08 Å². The molecule has 1 rings (SSSR count). The zero-order valence-corrected chi connectivity index (χ0v) is 40.7. The number of esters is 1. The van der Waals surface area contributed by atoms with Crippen LogP contribution in [-0.4, -0.2) is 280 Å². The largest absolute Gasteiger partial charge is 0.460 e. The molecule has 22 nitrogen and oxygen atoms in total. The fourth-order valence-electron chi connectivity index (χ4n) is 5.34. The van der Waals surface area contributed by atoms with Crippen molar-refractivity contribution >= 4 is 5.97 Å². The monoisotopic (exact) mass is 975 g/mol. The third-order valence-corrected chi connectivity index (χ3v) is 8.81. The van der Waals surface area contributed by atoms with Crippen LogP contribution in [0.4, 0.5) is 0 Å². The van der Waals surface area contributed by atoms with E-state index in [1.807, 2.05) is 0 Å². The van der Waals surface area contributed by atoms with Gasteiger partial charge in [0.2, 0.25) is 0 Å². The first kappa shape index (κ1) is 62.8. The Bertz CT molecular complexity index is 1060. The molecule has 22 heteroatoms. The number of ether oxygens (including phenoxy) is 19. The quantitative estimate of drug-likeness (QED) is 0.0468. The number of nitrogens with zero attached hydrogens (tertiary/aromatic N) is 2. The van der Waals surface area contributed by atoms with Gasteiger partial charge in [0, 0.05) is 45.8 Å². The highest BCUT2D eigenvalue weighted by molar-refractivity contribution is 5.81. The maximum atomic E-state index is 11.0. The fourth-order valence-corrected chi connectivity index (χ4v) is 5.34. The second-order valence-electron chi connectivity index (χ2n) is 13.9. The van der Waals surface area contributed by atoms with Gasteiger partial charge in [-0.2, -0.15) is 0 Å². The van der Waals surface area contributed by atoms with Crippen molar-refractivity contribution in [3.05, 3.63) is 25.1 Å². The summed E-state index contributed by atoms with van der Waals surface area (Å²) >= 11 is 0. The number of rotatable bonds is 57. The molecule has 0 N–H and O–H groups in total. The molecule has 0 aromatic carbocycles. The van der Waals surface area contributed by atoms with Gasteiger partial charge in [-0.1, -0.05) is 6.58 Å². The summed E-state index contributed by atoms with van der Waals surface area (Å²) in [7, 11) is 3.29. The van der Waals surface area contributed by atoms with Crippen molar-refractivity contribution in [1.29, 1.82) is 0 Å². The Hall–Kier alpha value is -2.17. The van der Waals surface area contributed by atoms with Crippen LogP contribution in [0.3, 0.4) is 0 Å². The van der Waals surface area contributed by atoms with Crippen LogP contribution in [0.5, 0.6) is 0 Å². The van der Waals surface area contributed by atoms with E-state index < -0.39 is 5.97 Å². The molecule has 1 aliphatic rings. The highest BCUT2D eigenvalue weighted by Gasteiger charge is 2.26. The highest BCUT2D eigenvalue weighted by atomic mass is 16.6. The van der Waals surface area contributed by atoms with Crippen LogP contribution in [-0.2, 0) is 94.8 Å². The number of methoxy groups -OCH3 is 2. The van der Waals surface area contributed by atoms with Crippen molar-refractivity contribution in [2.24, 2.45) is 0 Å². The first-order valence-corrected chi connectivity index (χ1v) is 23.4. The van der Waals surface area contributed by atoms with Gasteiger partial charge in [-0.3, -0.25) is 0 Å². The summed E-state index contributed by atoms with van der Waals surface area (Å²) in [6, 6.07) is 0. The Kier molecular flexibility index (Phi) is 49.9. The Balaban J connectivity index is 2.18. The molecule has 0 radical (unpaired) electrons. The molecule has 0 saturated carbocycles. The minimum atomic E-state index is -0.467. The van der Waals surface area contributed by atoms with Crippen molar-refractivity contribution in [1.82, 2.24) is 9.80 Å². The lowest BCUT2D eigenvalue weighted by molar-refractivity contribution is -0.139. The maximum Gasteiger partial charge on any atom is 0.330 e. The molecule has 0 fully saturated rings. The number of carbonyl (C=O) groups excluding carboxylic acids is 1. The minimum absolute atomic E-state index is 0.0189. The molecule has 1 atom stereocenters. The highest BCUT2D eigenvalue weighted by Crippen LogP contribution is 2.16. The van der Waals surface area contributed by atoms with Gasteiger partial charge < -0.3 is 99.8 Å². The summed E-state index contributed by atoms with van der Waals surface area (Å²) in [6.07, 6.45) is 5.21. The molecular formula is C45H86N2O20. The van der Waals surface area contributed by atoms with Crippen LogP contribution in [0.25, 0.3) is 0 Å². The third kappa shape index (κ3) is 44.8. The Morgan fingerprint density at radius 2 is 0.582 bits per heavy atom. The zero-order valence-electron chi connectivity index (χ0n) is 40.7. The summed E-state index contributed by atoms with van der Waals surface area (Å²) in [5.41, 5.74) is 0. The summed E-state index contributed by atoms with van der Waals surface area (Å²) in [5, 5.41) is 0. The molecule has 0 saturated heterocycles. The fraction of sp³-hybridized carbons (Fsp3) is 0.889. The molecule has 396 valence electrons. The Labute approximate surface area is 399 Å². The van der Waals surface area contributed by atoms with Crippen LogP contribution in [0.15, 0.2) is 25.1 Å². The molecule has 1 unspecified atom stereocenters. The van der Waals surface area contributed by atoms with Gasteiger partial charge in [0.05, 0.1) is 225 Å². The lowest BCUT2D eigenvalue weighted by Gasteiger charge is -2.32. The van der Waals surface area contributed by atoms with Crippen molar-refractivity contribution in [3.8, 4) is 0 Å². The summed E-state index contributed by atoms with van der Waals surface area (Å²) in [5.74, 6) is -0.467. The van der Waals surface area contributed by atoms with E-state index in [4.69, 9.17) is 90.0 Å². The summed E-state index contributed by atoms with van der Waals surface area (Å²) < 4.78 is 104. The van der Waals surface area contributed by atoms with Crippen LogP contribution in [0.1, 0.15) is 0 Å². The van der Waals surface area contributed by atoms with Gasteiger partial charge in [0.15, 0.2) is 0 Å². The average Bonchev–Trinajstić information content (AvgIpc) is 3.73. The third-order valence-electron chi connectivity index (χ3n) is 8.81. The van der Waals surface area contributed by atoms with E-state index in [9.17, 15) is 4.79 Å². The first-order valence-electron chi connectivity index (χ1n) is 23.4. The smallest absolute Gasteiger partial charge is 0.330 e. The molecule has 0 bridgehead atoms. The van der Waals surface area contributed by atoms with Gasteiger partial charge >= 0.3 is 5.97 Å². The predicted octanol–water partition coefficient (Wildman–Crippen LogP) is 0.689. The standard InChI is InChI=1S/C45H86N2O20/c1-4-45(48)67-42-41-65-38-37-63-34-33-60-26-24-56-18-16-52-10-8-47-6-5-46(7-9-51-15-17-55-23-25-59-29-27-57-21-19-53-13-11-49-2)44(47)43-66-40-39-64-36-35-62-32-31-61-30-28-58-22-20-54-14-12-50-3/h4-6,44H,1,7-43H2,2-3H3. The lowest BCUT2D eigenvalue weighted by Crippen LogP contribution is -2.44. The van der Waals surface area contributed by atoms with Crippen LogP contribution >= 0.6 is 0 Å². The molecule has 1 aliphatic heterocycles. The second-order valence-corrected chi connectivity index (χ2v) is 13.9. The molecule has 0 spiro atoms. The van der Waals surface area contributed by atoms with E-state index >= 15 is 0 Å². The topological polar surface area (TPSA) is 199 Å². The molecule has 0 aromatic heterocycles. The Morgan fingerprint density at radius 1 is 0.358 bits per heavy atom. The average molecular weight is 975 g/mol. The van der Waals surface area contributed by atoms with Crippen molar-refractivity contribution in [2.75, 3.05) is 259 Å². The first-order chi connectivity index (χ1) is 33.2. The zero-order chi connectivity index (χ0) is 48.0. The molecule has 1 heterocycles. The van der Waals surface area contributed by atoms with E-state index in [2.05, 4.69) is 28.8 Å². The molecular weight excluding hydrogens is 888 g/mol. The Morgan fingerprint density at radius 3 is 0.836 bits per heavy atom. The van der Waals surface area contributed by atoms with Crippen molar-refractivity contribution in [2.45, 2.75) is 6.17 Å². The maximum absolute atomic E-state index is 11.0. The van der Waals surface area contributed by atoms with Gasteiger partial charge in [-0.15, -0.1) is 0 Å². The van der Waals surface area contributed by atoms with Gasteiger partial charge in [0.25, 0.3) is 0 Å². The number of carbonyl (C=O) groups is 1. The number of hydrogen-bond donors (Lipinski definition) is 0. The van der Waals surface area contributed by atoms with Gasteiger partial charge in [0.1, 0.15) is 12.8 Å². The minimum Gasteiger partial charge on any atom is -0.460 e. The van der Waals surface area contributed by atoms with Crippen LogP contribution < -0.4 is 0 Å². The summed E-state index contributed by atoms with van der Waals surface area (Å²) in [4.78, 5) is 15.4. The van der Waals surface area contributed by atoms with E-state index in [-0.39, 0.29) is 12.8 Å². The lowest BCUT2D eigenvalue weighted by atomic mass is 10.4. The SMILES string of the molecule is C=CC(=O)OCCOCCOCCOCCOCCOCCN1C=CN(CCOCCOCCOCCOCCOCCOC)C1COCCOCCOCCOCCOCCOCCOC. The van der Waals surface area contributed by atoms with Crippen molar-refractivity contribution in [3.63, 3.8) is 0 Å². The molecule has 0 amide bonds. The normalized spacial score (nSPS) is 13.7. The van der Waals surface area contributed by atoms with E-state index in [1.165, 1.54) is 0 Å². The van der Waals surface area contributed by atoms with Gasteiger partial charge in [-0.25, -0.2) is 4.79 Å². The summed E-state index contributed by atoms with van der Waals surface area (Å²) in [6.45, 7) is 21.5. The van der Waals surface area contributed by atoms with Gasteiger partial charge in [-0.05, 0) is 0 Å². The van der Waals surface area contributed by atoms with Crippen molar-refractivity contribution < 1.29 is 94.8 Å². The molecule has 0 aliphatic carbocycles. The van der Waals surface area contributed by atoms with Crippen LogP contribution in [0.2, 0.25) is 0 Å². The predicted molar refractivity (Wildman–Crippen MR) is 244 cm³/mol. The second kappa shape index (κ2) is 53.2. The van der Waals surface area contributed by atoms with Crippen LogP contribution in [0, 0.1) is 0 Å². The van der Waals surface area contributed by atoms with E-state index in [0.29, 0.717) is 238 Å². The molecule has 67 heavy (non-hydrogen) atoms.